The van der Waals surface area contributed by atoms with Crippen LogP contribution >= 0.6 is 0 Å². The number of carbonyl (C=O) groups excluding carboxylic acids is 1. The van der Waals surface area contributed by atoms with Gasteiger partial charge in [-0.3, -0.25) is 4.79 Å². The molecule has 3 rings (SSSR count). The van der Waals surface area contributed by atoms with Gasteiger partial charge in [0.2, 0.25) is 0 Å². The van der Waals surface area contributed by atoms with Crippen molar-refractivity contribution in [1.29, 1.82) is 0 Å². The van der Waals surface area contributed by atoms with Gasteiger partial charge in [0.1, 0.15) is 11.9 Å². The van der Waals surface area contributed by atoms with Crippen LogP contribution in [-0.4, -0.2) is 42.0 Å². The number of aromatic nitrogens is 5. The van der Waals surface area contributed by atoms with Crippen molar-refractivity contribution in [3.05, 3.63) is 22.5 Å². The van der Waals surface area contributed by atoms with E-state index in [4.69, 9.17) is 0 Å². The Hall–Kier alpha value is -2.46. The van der Waals surface area contributed by atoms with Crippen molar-refractivity contribution in [2.24, 2.45) is 7.05 Å². The molecule has 0 radical (unpaired) electrons. The van der Waals surface area contributed by atoms with Gasteiger partial charge in [0.25, 0.3) is 5.91 Å². The molecule has 1 fully saturated rings. The van der Waals surface area contributed by atoms with Crippen molar-refractivity contribution >= 4 is 11.6 Å². The Balaban J connectivity index is 1.98. The zero-order chi connectivity index (χ0) is 16.8. The number of nitrogens with one attached hydrogen (secondary N) is 1. The topological polar surface area (TPSA) is 94.2 Å². The first-order chi connectivity index (χ1) is 10.8. The van der Waals surface area contributed by atoms with Crippen LogP contribution in [-0.2, 0) is 7.05 Å². The molecule has 2 aromatic rings. The summed E-state index contributed by atoms with van der Waals surface area (Å²) in [4.78, 5) is 27.8. The minimum absolute atomic E-state index is 0.179. The predicted molar refractivity (Wildman–Crippen MR) is 70.7 cm³/mol. The number of halogens is 3. The third-order valence-electron chi connectivity index (χ3n) is 4.07. The van der Waals surface area contributed by atoms with Crippen molar-refractivity contribution < 1.29 is 18.0 Å². The minimum Gasteiger partial charge on any atom is -0.336 e. The molecule has 1 amide bonds. The second kappa shape index (κ2) is 5.03. The predicted octanol–water partition coefficient (Wildman–Crippen LogP) is 0.428. The molecule has 23 heavy (non-hydrogen) atoms. The summed E-state index contributed by atoms with van der Waals surface area (Å²) in [7, 11) is 1.35. The highest BCUT2D eigenvalue weighted by Gasteiger charge is 2.57. The molecule has 2 aromatic heterocycles. The average molecular weight is 330 g/mol. The van der Waals surface area contributed by atoms with E-state index in [9.17, 15) is 22.8 Å². The van der Waals surface area contributed by atoms with Gasteiger partial charge in [0.15, 0.2) is 11.3 Å². The maximum atomic E-state index is 13.3. The van der Waals surface area contributed by atoms with E-state index in [1.54, 1.807) is 0 Å². The van der Waals surface area contributed by atoms with E-state index in [0.29, 0.717) is 12.8 Å². The van der Waals surface area contributed by atoms with E-state index < -0.39 is 23.3 Å². The Kier molecular flexibility index (Phi) is 3.38. The molecule has 0 saturated heterocycles. The molecule has 2 heterocycles. The van der Waals surface area contributed by atoms with Crippen LogP contribution in [0.3, 0.4) is 0 Å². The molecule has 1 aliphatic carbocycles. The van der Waals surface area contributed by atoms with Crippen LogP contribution in [0.4, 0.5) is 13.2 Å². The standard InChI is InChI=1S/C12H13F3N6O2/c1-20-10(23)21-6-16-7(8(21)18-19-20)9(22)17-11(12(13,14)15)4-2-3-5-11/h6H,2-5H2,1H3,(H,17,22). The smallest absolute Gasteiger partial charge is 0.336 e. The third kappa shape index (κ3) is 2.35. The Morgan fingerprint density at radius 3 is 2.61 bits per heavy atom. The van der Waals surface area contributed by atoms with Gasteiger partial charge >= 0.3 is 11.9 Å². The average Bonchev–Trinajstić information content (AvgIpc) is 3.09. The van der Waals surface area contributed by atoms with Crippen LogP contribution in [0.15, 0.2) is 11.1 Å². The van der Waals surface area contributed by atoms with Crippen molar-refractivity contribution in [2.45, 2.75) is 37.4 Å². The molecule has 11 heteroatoms. The molecule has 0 bridgehead atoms. The summed E-state index contributed by atoms with van der Waals surface area (Å²) in [5, 5.41) is 9.21. The summed E-state index contributed by atoms with van der Waals surface area (Å²) in [5.41, 5.74) is -3.40. The number of fused-ring (bicyclic) bond motifs is 1. The van der Waals surface area contributed by atoms with Crippen LogP contribution in [0, 0.1) is 0 Å². The second-order valence-corrected chi connectivity index (χ2v) is 5.52. The fourth-order valence-corrected chi connectivity index (χ4v) is 2.78. The SMILES string of the molecule is Cn1nnc2c(C(=O)NC3(C(F)(F)F)CCCC3)ncn2c1=O. The van der Waals surface area contributed by atoms with Gasteiger partial charge in [-0.25, -0.2) is 14.2 Å². The number of amides is 1. The van der Waals surface area contributed by atoms with Crippen molar-refractivity contribution in [3.63, 3.8) is 0 Å². The largest absolute Gasteiger partial charge is 0.411 e. The van der Waals surface area contributed by atoms with Crippen LogP contribution in [0.1, 0.15) is 36.2 Å². The van der Waals surface area contributed by atoms with Gasteiger partial charge < -0.3 is 5.32 Å². The molecule has 124 valence electrons. The van der Waals surface area contributed by atoms with Gasteiger partial charge in [-0.1, -0.05) is 18.1 Å². The second-order valence-electron chi connectivity index (χ2n) is 5.52. The maximum Gasteiger partial charge on any atom is 0.411 e. The number of carbonyl (C=O) groups is 1. The lowest BCUT2D eigenvalue weighted by Gasteiger charge is -2.32. The summed E-state index contributed by atoms with van der Waals surface area (Å²) in [5.74, 6) is -1.02. The highest BCUT2D eigenvalue weighted by Crippen LogP contribution is 2.43. The lowest BCUT2D eigenvalue weighted by Crippen LogP contribution is -2.57. The maximum absolute atomic E-state index is 13.3. The van der Waals surface area contributed by atoms with Crippen LogP contribution < -0.4 is 11.0 Å². The van der Waals surface area contributed by atoms with Gasteiger partial charge in [-0.05, 0) is 12.8 Å². The summed E-state index contributed by atoms with van der Waals surface area (Å²) in [6.45, 7) is 0. The molecule has 0 aliphatic heterocycles. The number of imidazole rings is 1. The molecule has 1 N–H and O–H groups in total. The van der Waals surface area contributed by atoms with Gasteiger partial charge in [-0.15, -0.1) is 5.10 Å². The van der Waals surface area contributed by atoms with Crippen LogP contribution in [0.25, 0.3) is 5.65 Å². The van der Waals surface area contributed by atoms with Crippen molar-refractivity contribution in [1.82, 2.24) is 29.7 Å². The number of aryl methyl sites for hydroxylation is 1. The first-order valence-electron chi connectivity index (χ1n) is 6.91. The Morgan fingerprint density at radius 1 is 1.35 bits per heavy atom. The summed E-state index contributed by atoms with van der Waals surface area (Å²) in [6, 6.07) is 0. The number of alkyl halides is 3. The molecule has 8 nitrogen and oxygen atoms in total. The van der Waals surface area contributed by atoms with E-state index in [-0.39, 0.29) is 24.2 Å². The van der Waals surface area contributed by atoms with Crippen LogP contribution in [0.2, 0.25) is 0 Å². The first-order valence-corrected chi connectivity index (χ1v) is 6.91. The van der Waals surface area contributed by atoms with Crippen molar-refractivity contribution in [2.75, 3.05) is 0 Å². The lowest BCUT2D eigenvalue weighted by molar-refractivity contribution is -0.191. The molecular weight excluding hydrogens is 317 g/mol. The molecule has 0 unspecified atom stereocenters. The Labute approximate surface area is 127 Å². The highest BCUT2D eigenvalue weighted by molar-refractivity contribution is 5.98. The summed E-state index contributed by atoms with van der Waals surface area (Å²) < 4.78 is 41.9. The number of rotatable bonds is 2. The van der Waals surface area contributed by atoms with E-state index in [2.05, 4.69) is 15.3 Å². The first kappa shape index (κ1) is 15.4. The minimum atomic E-state index is -4.56. The molecule has 0 spiro atoms. The fraction of sp³-hybridized carbons (Fsp3) is 0.583. The normalized spacial score (nSPS) is 17.6. The Bertz CT molecular complexity index is 818. The molecule has 0 atom stereocenters. The number of hydrogen-bond donors (Lipinski definition) is 1. The van der Waals surface area contributed by atoms with E-state index in [1.165, 1.54) is 7.05 Å². The van der Waals surface area contributed by atoms with E-state index >= 15 is 0 Å². The Morgan fingerprint density at radius 2 is 2.00 bits per heavy atom. The zero-order valence-corrected chi connectivity index (χ0v) is 12.1. The monoisotopic (exact) mass is 330 g/mol. The lowest BCUT2D eigenvalue weighted by atomic mass is 9.96. The highest BCUT2D eigenvalue weighted by atomic mass is 19.4. The molecular formula is C12H13F3N6O2. The number of nitrogens with zero attached hydrogens (tertiary/aromatic N) is 5. The molecule has 1 saturated carbocycles. The summed E-state index contributed by atoms with van der Waals surface area (Å²) >= 11 is 0. The zero-order valence-electron chi connectivity index (χ0n) is 12.1. The van der Waals surface area contributed by atoms with E-state index in [0.717, 1.165) is 15.4 Å². The van der Waals surface area contributed by atoms with E-state index in [1.807, 2.05) is 5.32 Å². The molecule has 0 aromatic carbocycles. The van der Waals surface area contributed by atoms with Gasteiger partial charge in [0, 0.05) is 7.05 Å². The van der Waals surface area contributed by atoms with Gasteiger partial charge in [-0.2, -0.15) is 17.9 Å². The van der Waals surface area contributed by atoms with Gasteiger partial charge in [0.05, 0.1) is 0 Å². The molecule has 1 aliphatic rings. The number of hydrogen-bond acceptors (Lipinski definition) is 5. The van der Waals surface area contributed by atoms with Crippen LogP contribution in [0.5, 0.6) is 0 Å². The quantitative estimate of drug-likeness (QED) is 0.862. The fourth-order valence-electron chi connectivity index (χ4n) is 2.78. The third-order valence-corrected chi connectivity index (χ3v) is 4.07. The summed E-state index contributed by atoms with van der Waals surface area (Å²) in [6.07, 6.45) is -3.12. The van der Waals surface area contributed by atoms with Crippen molar-refractivity contribution in [3.8, 4) is 0 Å².